The van der Waals surface area contributed by atoms with Crippen LogP contribution >= 0.6 is 0 Å². The fourth-order valence-corrected chi connectivity index (χ4v) is 1.99. The minimum atomic E-state index is -4.51. The number of ether oxygens (including phenoxy) is 1. The molecule has 0 aliphatic rings. The molecule has 2 rings (SSSR count). The summed E-state index contributed by atoms with van der Waals surface area (Å²) in [6, 6.07) is 9.50. The van der Waals surface area contributed by atoms with Crippen molar-refractivity contribution in [3.8, 4) is 16.9 Å². The van der Waals surface area contributed by atoms with E-state index in [2.05, 4.69) is 0 Å². The third-order valence-corrected chi connectivity index (χ3v) is 2.97. The van der Waals surface area contributed by atoms with Crippen molar-refractivity contribution in [2.45, 2.75) is 6.18 Å². The minimum Gasteiger partial charge on any atom is -0.497 e. The molecule has 0 aliphatic carbocycles. The molecule has 1 amide bonds. The average molecular weight is 295 g/mol. The molecule has 6 heteroatoms. The van der Waals surface area contributed by atoms with E-state index in [1.54, 1.807) is 12.1 Å². The third-order valence-electron chi connectivity index (χ3n) is 2.97. The Morgan fingerprint density at radius 1 is 1.14 bits per heavy atom. The second-order valence-electron chi connectivity index (χ2n) is 4.36. The van der Waals surface area contributed by atoms with E-state index in [-0.39, 0.29) is 16.9 Å². The maximum atomic E-state index is 12.9. The number of halogens is 3. The lowest BCUT2D eigenvalue weighted by Gasteiger charge is -2.13. The molecular formula is C15H12F3NO2. The monoisotopic (exact) mass is 295 g/mol. The van der Waals surface area contributed by atoms with Crippen LogP contribution in [0.25, 0.3) is 11.1 Å². The predicted molar refractivity (Wildman–Crippen MR) is 71.9 cm³/mol. The van der Waals surface area contributed by atoms with Crippen molar-refractivity contribution in [3.05, 3.63) is 53.6 Å². The van der Waals surface area contributed by atoms with Crippen LogP contribution in [-0.4, -0.2) is 13.0 Å². The summed E-state index contributed by atoms with van der Waals surface area (Å²) in [7, 11) is 1.28. The highest BCUT2D eigenvalue weighted by Gasteiger charge is 2.31. The second-order valence-corrected chi connectivity index (χ2v) is 4.36. The molecule has 3 nitrogen and oxygen atoms in total. The molecule has 2 aromatic carbocycles. The molecule has 0 heterocycles. The first kappa shape index (κ1) is 14.9. The third kappa shape index (κ3) is 3.16. The summed E-state index contributed by atoms with van der Waals surface area (Å²) in [5.41, 5.74) is 5.10. The van der Waals surface area contributed by atoms with Crippen LogP contribution in [0.2, 0.25) is 0 Å². The highest BCUT2D eigenvalue weighted by atomic mass is 19.4. The van der Waals surface area contributed by atoms with E-state index >= 15 is 0 Å². The van der Waals surface area contributed by atoms with Gasteiger partial charge in [-0.25, -0.2) is 0 Å². The van der Waals surface area contributed by atoms with Crippen LogP contribution < -0.4 is 10.5 Å². The fraction of sp³-hybridized carbons (Fsp3) is 0.133. The summed E-state index contributed by atoms with van der Waals surface area (Å²) < 4.78 is 43.6. The van der Waals surface area contributed by atoms with E-state index < -0.39 is 17.6 Å². The zero-order chi connectivity index (χ0) is 15.6. The predicted octanol–water partition coefficient (Wildman–Crippen LogP) is 3.48. The topological polar surface area (TPSA) is 52.3 Å². The van der Waals surface area contributed by atoms with Gasteiger partial charge in [-0.3, -0.25) is 4.79 Å². The van der Waals surface area contributed by atoms with Crippen LogP contribution in [0.3, 0.4) is 0 Å². The van der Waals surface area contributed by atoms with Gasteiger partial charge in [-0.1, -0.05) is 18.2 Å². The van der Waals surface area contributed by atoms with Crippen molar-refractivity contribution < 1.29 is 22.7 Å². The van der Waals surface area contributed by atoms with Gasteiger partial charge in [0, 0.05) is 5.56 Å². The van der Waals surface area contributed by atoms with Crippen molar-refractivity contribution in [2.24, 2.45) is 5.73 Å². The first-order valence-electron chi connectivity index (χ1n) is 5.98. The Labute approximate surface area is 119 Å². The number of carbonyl (C=O) groups excluding carboxylic acids is 1. The number of alkyl halides is 3. The molecule has 0 atom stereocenters. The van der Waals surface area contributed by atoms with Crippen LogP contribution in [0.5, 0.6) is 5.75 Å². The van der Waals surface area contributed by atoms with E-state index in [4.69, 9.17) is 10.5 Å². The lowest BCUT2D eigenvalue weighted by molar-refractivity contribution is -0.137. The maximum Gasteiger partial charge on any atom is 0.416 e. The van der Waals surface area contributed by atoms with Gasteiger partial charge in [0.05, 0.1) is 12.7 Å². The second kappa shape index (κ2) is 5.47. The molecule has 0 aliphatic heterocycles. The fourth-order valence-electron chi connectivity index (χ4n) is 1.99. The van der Waals surface area contributed by atoms with Gasteiger partial charge >= 0.3 is 6.18 Å². The Morgan fingerprint density at radius 2 is 1.81 bits per heavy atom. The van der Waals surface area contributed by atoms with Crippen LogP contribution in [0.4, 0.5) is 13.2 Å². The molecule has 0 saturated heterocycles. The molecule has 0 radical (unpaired) electrons. The van der Waals surface area contributed by atoms with Crippen molar-refractivity contribution >= 4 is 5.91 Å². The lowest BCUT2D eigenvalue weighted by Crippen LogP contribution is -2.12. The summed E-state index contributed by atoms with van der Waals surface area (Å²) in [6.07, 6.45) is -4.51. The Balaban J connectivity index is 2.67. The largest absolute Gasteiger partial charge is 0.497 e. The molecule has 2 aromatic rings. The Bertz CT molecular complexity index is 681. The van der Waals surface area contributed by atoms with E-state index in [0.717, 1.165) is 12.1 Å². The van der Waals surface area contributed by atoms with Crippen LogP contribution in [0, 0.1) is 0 Å². The van der Waals surface area contributed by atoms with Gasteiger partial charge in [-0.2, -0.15) is 13.2 Å². The molecule has 2 N–H and O–H groups in total. The molecule has 0 fully saturated rings. The number of hydrogen-bond acceptors (Lipinski definition) is 2. The zero-order valence-corrected chi connectivity index (χ0v) is 11.1. The lowest BCUT2D eigenvalue weighted by atomic mass is 9.97. The number of methoxy groups -OCH3 is 1. The molecule has 0 bridgehead atoms. The summed E-state index contributed by atoms with van der Waals surface area (Å²) >= 11 is 0. The summed E-state index contributed by atoms with van der Waals surface area (Å²) in [6.45, 7) is 0. The van der Waals surface area contributed by atoms with Crippen LogP contribution in [0.15, 0.2) is 42.5 Å². The highest BCUT2D eigenvalue weighted by molar-refractivity contribution is 5.99. The first-order chi connectivity index (χ1) is 9.82. The molecule has 0 aromatic heterocycles. The quantitative estimate of drug-likeness (QED) is 0.942. The van der Waals surface area contributed by atoms with Crippen molar-refractivity contribution in [1.29, 1.82) is 0 Å². The number of amides is 1. The van der Waals surface area contributed by atoms with Gasteiger partial charge in [0.15, 0.2) is 0 Å². The van der Waals surface area contributed by atoms with Gasteiger partial charge in [0.2, 0.25) is 5.91 Å². The van der Waals surface area contributed by atoms with E-state index in [9.17, 15) is 18.0 Å². The number of rotatable bonds is 3. The van der Waals surface area contributed by atoms with Gasteiger partial charge in [-0.15, -0.1) is 0 Å². The molecule has 0 spiro atoms. The highest BCUT2D eigenvalue weighted by Crippen LogP contribution is 2.36. The molecular weight excluding hydrogens is 283 g/mol. The van der Waals surface area contributed by atoms with Crippen molar-refractivity contribution in [2.75, 3.05) is 7.11 Å². The van der Waals surface area contributed by atoms with E-state index in [0.29, 0.717) is 5.56 Å². The minimum absolute atomic E-state index is 0.0547. The van der Waals surface area contributed by atoms with Gasteiger partial charge in [0.1, 0.15) is 5.75 Å². The molecule has 21 heavy (non-hydrogen) atoms. The van der Waals surface area contributed by atoms with Gasteiger partial charge in [0.25, 0.3) is 0 Å². The Hall–Kier alpha value is -2.50. The Kier molecular flexibility index (Phi) is 3.88. The molecule has 0 unspecified atom stereocenters. The smallest absolute Gasteiger partial charge is 0.416 e. The number of hydrogen-bond donors (Lipinski definition) is 1. The summed E-state index contributed by atoms with van der Waals surface area (Å²) in [5, 5.41) is 0. The number of primary amides is 1. The van der Waals surface area contributed by atoms with Crippen molar-refractivity contribution in [1.82, 2.24) is 0 Å². The van der Waals surface area contributed by atoms with Gasteiger partial charge in [-0.05, 0) is 35.4 Å². The average Bonchev–Trinajstić information content (AvgIpc) is 2.45. The van der Waals surface area contributed by atoms with E-state index in [1.807, 2.05) is 0 Å². The standard InChI is InChI=1S/C15H12F3NO2/c1-21-11-7-9(6-10(8-11)15(16,17)18)12-4-2-3-5-13(12)14(19)20/h2-8H,1H3,(H2,19,20). The maximum absolute atomic E-state index is 12.9. The summed E-state index contributed by atoms with van der Waals surface area (Å²) in [4.78, 5) is 11.4. The normalized spacial score (nSPS) is 11.2. The van der Waals surface area contributed by atoms with Crippen LogP contribution in [-0.2, 0) is 6.18 Å². The molecule has 110 valence electrons. The summed E-state index contributed by atoms with van der Waals surface area (Å²) in [5.74, 6) is -0.652. The Morgan fingerprint density at radius 3 is 2.38 bits per heavy atom. The number of benzene rings is 2. The van der Waals surface area contributed by atoms with E-state index in [1.165, 1.54) is 25.3 Å². The number of carbonyl (C=O) groups is 1. The first-order valence-corrected chi connectivity index (χ1v) is 5.98. The van der Waals surface area contributed by atoms with Gasteiger partial charge < -0.3 is 10.5 Å². The van der Waals surface area contributed by atoms with Crippen LogP contribution in [0.1, 0.15) is 15.9 Å². The SMILES string of the molecule is COc1cc(-c2ccccc2C(N)=O)cc(C(F)(F)F)c1. The zero-order valence-electron chi connectivity index (χ0n) is 11.1. The molecule has 0 saturated carbocycles. The van der Waals surface area contributed by atoms with Crippen molar-refractivity contribution in [3.63, 3.8) is 0 Å². The number of nitrogens with two attached hydrogens (primary N) is 1.